The van der Waals surface area contributed by atoms with Crippen LogP contribution in [0.5, 0.6) is 0 Å². The number of piperazine rings is 1. The molecule has 6 heteroatoms. The van der Waals surface area contributed by atoms with E-state index >= 15 is 0 Å². The maximum atomic E-state index is 12.5. The Morgan fingerprint density at radius 1 is 1.42 bits per heavy atom. The molecule has 6 nitrogen and oxygen atoms in total. The number of oxazole rings is 1. The third kappa shape index (κ3) is 2.11. The minimum absolute atomic E-state index is 0.000420. The first kappa shape index (κ1) is 12.2. The fourth-order valence-electron chi connectivity index (χ4n) is 2.99. The molecule has 1 spiro atoms. The lowest BCUT2D eigenvalue weighted by molar-refractivity contribution is -0.150. The van der Waals surface area contributed by atoms with Gasteiger partial charge in [0.1, 0.15) is 17.8 Å². The Morgan fingerprint density at radius 3 is 2.79 bits per heavy atom. The fraction of sp³-hybridized carbons (Fsp3) is 0.615. The van der Waals surface area contributed by atoms with Gasteiger partial charge in [-0.2, -0.15) is 0 Å². The topological polar surface area (TPSA) is 75.4 Å². The van der Waals surface area contributed by atoms with Crippen molar-refractivity contribution in [3.63, 3.8) is 0 Å². The molecule has 0 bridgehead atoms. The van der Waals surface area contributed by atoms with Crippen molar-refractivity contribution in [2.75, 3.05) is 6.54 Å². The number of carbonyl (C=O) groups is 2. The van der Waals surface area contributed by atoms with Gasteiger partial charge >= 0.3 is 0 Å². The van der Waals surface area contributed by atoms with Crippen molar-refractivity contribution in [3.8, 4) is 0 Å². The van der Waals surface area contributed by atoms with Crippen LogP contribution in [-0.2, 0) is 16.1 Å². The van der Waals surface area contributed by atoms with Crippen molar-refractivity contribution in [2.24, 2.45) is 0 Å². The minimum Gasteiger partial charge on any atom is -0.444 e. The van der Waals surface area contributed by atoms with Gasteiger partial charge < -0.3 is 14.6 Å². The summed E-state index contributed by atoms with van der Waals surface area (Å²) in [5.74, 6) is 1.10. The van der Waals surface area contributed by atoms with Gasteiger partial charge in [0, 0.05) is 0 Å². The second-order valence-corrected chi connectivity index (χ2v) is 5.36. The normalized spacial score (nSPS) is 22.1. The molecule has 0 radical (unpaired) electrons. The van der Waals surface area contributed by atoms with Crippen LogP contribution in [0.1, 0.15) is 37.3 Å². The molecular formula is C13H17N3O3. The van der Waals surface area contributed by atoms with Gasteiger partial charge in [0.2, 0.25) is 17.7 Å². The van der Waals surface area contributed by atoms with E-state index in [0.717, 1.165) is 25.7 Å². The Bertz CT molecular complexity index is 517. The lowest BCUT2D eigenvalue weighted by Crippen LogP contribution is -2.65. The number of aryl methyl sites for hydroxylation is 1. The lowest BCUT2D eigenvalue weighted by Gasteiger charge is -2.39. The van der Waals surface area contributed by atoms with E-state index in [2.05, 4.69) is 10.3 Å². The molecule has 1 N–H and O–H groups in total. The van der Waals surface area contributed by atoms with Gasteiger partial charge in [-0.25, -0.2) is 4.98 Å². The zero-order valence-corrected chi connectivity index (χ0v) is 10.9. The lowest BCUT2D eigenvalue weighted by atomic mass is 9.93. The van der Waals surface area contributed by atoms with Crippen LogP contribution < -0.4 is 5.32 Å². The van der Waals surface area contributed by atoms with Gasteiger partial charge in [0.15, 0.2) is 0 Å². The Kier molecular flexibility index (Phi) is 2.80. The summed E-state index contributed by atoms with van der Waals surface area (Å²) in [7, 11) is 0. The second-order valence-electron chi connectivity index (χ2n) is 5.36. The zero-order chi connectivity index (χ0) is 13.5. The fourth-order valence-corrected chi connectivity index (χ4v) is 2.99. The first-order valence-electron chi connectivity index (χ1n) is 6.61. The summed E-state index contributed by atoms with van der Waals surface area (Å²) in [5.41, 5.74) is -0.670. The van der Waals surface area contributed by atoms with E-state index in [1.807, 2.05) is 0 Å². The molecular weight excluding hydrogens is 246 g/mol. The summed E-state index contributed by atoms with van der Waals surface area (Å²) in [6.45, 7) is 2.16. The molecule has 0 aromatic carbocycles. The predicted octanol–water partition coefficient (Wildman–Crippen LogP) is 0.754. The molecule has 1 saturated heterocycles. The summed E-state index contributed by atoms with van der Waals surface area (Å²) in [6.07, 6.45) is 5.06. The summed E-state index contributed by atoms with van der Waals surface area (Å²) in [4.78, 5) is 30.0. The van der Waals surface area contributed by atoms with E-state index in [9.17, 15) is 9.59 Å². The SMILES string of the molecule is Cc1cnc(CN2CC(=O)NC3(CCCC3)C2=O)o1. The van der Waals surface area contributed by atoms with E-state index in [1.165, 1.54) is 0 Å². The Hall–Kier alpha value is -1.85. The number of amides is 2. The first-order chi connectivity index (χ1) is 9.09. The number of nitrogens with zero attached hydrogens (tertiary/aromatic N) is 2. The van der Waals surface area contributed by atoms with Crippen LogP contribution in [-0.4, -0.2) is 33.8 Å². The number of hydrogen-bond donors (Lipinski definition) is 1. The van der Waals surface area contributed by atoms with Crippen LogP contribution in [0.15, 0.2) is 10.6 Å². The van der Waals surface area contributed by atoms with Crippen LogP contribution in [0.4, 0.5) is 0 Å². The predicted molar refractivity (Wildman–Crippen MR) is 66.0 cm³/mol. The molecule has 19 heavy (non-hydrogen) atoms. The molecule has 0 unspecified atom stereocenters. The zero-order valence-electron chi connectivity index (χ0n) is 10.9. The van der Waals surface area contributed by atoms with Crippen molar-refractivity contribution in [1.82, 2.24) is 15.2 Å². The number of nitrogens with one attached hydrogen (secondary N) is 1. The van der Waals surface area contributed by atoms with Crippen molar-refractivity contribution < 1.29 is 14.0 Å². The molecule has 2 amide bonds. The summed E-state index contributed by atoms with van der Waals surface area (Å²) in [5, 5.41) is 2.88. The number of aromatic nitrogens is 1. The highest BCUT2D eigenvalue weighted by Gasteiger charge is 2.48. The van der Waals surface area contributed by atoms with Gasteiger partial charge in [-0.3, -0.25) is 9.59 Å². The van der Waals surface area contributed by atoms with E-state index in [4.69, 9.17) is 4.42 Å². The van der Waals surface area contributed by atoms with Crippen LogP contribution in [0, 0.1) is 6.92 Å². The van der Waals surface area contributed by atoms with Crippen molar-refractivity contribution in [2.45, 2.75) is 44.7 Å². The highest BCUT2D eigenvalue weighted by atomic mass is 16.4. The smallest absolute Gasteiger partial charge is 0.249 e. The van der Waals surface area contributed by atoms with Crippen molar-refractivity contribution >= 4 is 11.8 Å². The molecule has 1 aliphatic carbocycles. The van der Waals surface area contributed by atoms with Crippen LogP contribution in [0.25, 0.3) is 0 Å². The Balaban J connectivity index is 1.80. The Morgan fingerprint density at radius 2 is 2.16 bits per heavy atom. The average Bonchev–Trinajstić information content (AvgIpc) is 2.96. The summed E-state index contributed by atoms with van der Waals surface area (Å²) >= 11 is 0. The van der Waals surface area contributed by atoms with E-state index in [-0.39, 0.29) is 24.9 Å². The average molecular weight is 263 g/mol. The molecule has 1 aromatic heterocycles. The Labute approximate surface area is 111 Å². The minimum atomic E-state index is -0.670. The molecule has 2 fully saturated rings. The largest absolute Gasteiger partial charge is 0.444 e. The van der Waals surface area contributed by atoms with E-state index in [1.54, 1.807) is 18.0 Å². The maximum absolute atomic E-state index is 12.5. The molecule has 2 heterocycles. The van der Waals surface area contributed by atoms with Gasteiger partial charge in [0.05, 0.1) is 12.7 Å². The maximum Gasteiger partial charge on any atom is 0.249 e. The second kappa shape index (κ2) is 4.36. The summed E-state index contributed by atoms with van der Waals surface area (Å²) in [6, 6.07) is 0. The molecule has 1 aliphatic heterocycles. The summed E-state index contributed by atoms with van der Waals surface area (Å²) < 4.78 is 5.38. The molecule has 3 rings (SSSR count). The highest BCUT2D eigenvalue weighted by molar-refractivity contribution is 5.98. The first-order valence-corrected chi connectivity index (χ1v) is 6.61. The van der Waals surface area contributed by atoms with Crippen LogP contribution in [0.2, 0.25) is 0 Å². The molecule has 1 aromatic rings. The van der Waals surface area contributed by atoms with Crippen molar-refractivity contribution in [3.05, 3.63) is 17.8 Å². The van der Waals surface area contributed by atoms with Gasteiger partial charge in [-0.1, -0.05) is 12.8 Å². The van der Waals surface area contributed by atoms with Crippen molar-refractivity contribution in [1.29, 1.82) is 0 Å². The van der Waals surface area contributed by atoms with E-state index < -0.39 is 5.54 Å². The standard InChI is InChI=1S/C13H17N3O3/c1-9-6-14-11(19-9)8-16-7-10(17)15-13(12(16)18)4-2-3-5-13/h6H,2-5,7-8H2,1H3,(H,15,17). The van der Waals surface area contributed by atoms with Crippen LogP contribution >= 0.6 is 0 Å². The molecule has 1 saturated carbocycles. The van der Waals surface area contributed by atoms with Crippen LogP contribution in [0.3, 0.4) is 0 Å². The van der Waals surface area contributed by atoms with Gasteiger partial charge in [-0.15, -0.1) is 0 Å². The quantitative estimate of drug-likeness (QED) is 0.854. The molecule has 0 atom stereocenters. The third-order valence-corrected chi connectivity index (χ3v) is 3.86. The highest BCUT2D eigenvalue weighted by Crippen LogP contribution is 2.33. The monoisotopic (exact) mass is 263 g/mol. The third-order valence-electron chi connectivity index (χ3n) is 3.86. The van der Waals surface area contributed by atoms with Gasteiger partial charge in [0.25, 0.3) is 0 Å². The van der Waals surface area contributed by atoms with Gasteiger partial charge in [-0.05, 0) is 19.8 Å². The number of hydrogen-bond acceptors (Lipinski definition) is 4. The molecule has 2 aliphatic rings. The molecule has 102 valence electrons. The number of carbonyl (C=O) groups excluding carboxylic acids is 2. The van der Waals surface area contributed by atoms with E-state index in [0.29, 0.717) is 11.7 Å². The number of rotatable bonds is 2.